The number of thiophene rings is 1. The molecule has 3 aromatic rings. The highest BCUT2D eigenvalue weighted by molar-refractivity contribution is 7.93. The van der Waals surface area contributed by atoms with Crippen LogP contribution in [-0.2, 0) is 36.4 Å². The van der Waals surface area contributed by atoms with Gasteiger partial charge in [-0.25, -0.2) is 30.0 Å². The Hall–Kier alpha value is -2.13. The summed E-state index contributed by atoms with van der Waals surface area (Å²) in [5, 5.41) is 0. The number of sulfone groups is 1. The zero-order chi connectivity index (χ0) is 25.3. The molecule has 13 heteroatoms. The first-order valence-electron chi connectivity index (χ1n) is 10.8. The Morgan fingerprint density at radius 2 is 1.57 bits per heavy atom. The van der Waals surface area contributed by atoms with Gasteiger partial charge in [-0.05, 0) is 55.3 Å². The first-order valence-corrected chi connectivity index (χ1v) is 16.0. The molecule has 0 bridgehead atoms. The van der Waals surface area contributed by atoms with Gasteiger partial charge in [0, 0.05) is 30.6 Å². The maximum absolute atomic E-state index is 13.4. The van der Waals surface area contributed by atoms with Gasteiger partial charge in [0.15, 0.2) is 0 Å². The average molecular weight is 556 g/mol. The molecule has 35 heavy (non-hydrogen) atoms. The molecule has 1 atom stereocenters. The summed E-state index contributed by atoms with van der Waals surface area (Å²) in [4.78, 5) is 0.499. The van der Waals surface area contributed by atoms with E-state index in [2.05, 4.69) is 4.72 Å². The smallest absolute Gasteiger partial charge is 0.243 e. The molecule has 1 fully saturated rings. The van der Waals surface area contributed by atoms with Gasteiger partial charge >= 0.3 is 0 Å². The Bertz CT molecular complexity index is 1520. The highest BCUT2D eigenvalue weighted by Gasteiger charge is 2.36. The zero-order valence-electron chi connectivity index (χ0n) is 18.6. The Morgan fingerprint density at radius 3 is 2.26 bits per heavy atom. The number of sulfonamides is 2. The van der Waals surface area contributed by atoms with Crippen LogP contribution in [0.25, 0.3) is 0 Å². The van der Waals surface area contributed by atoms with Gasteiger partial charge in [0.05, 0.1) is 14.7 Å². The van der Waals surface area contributed by atoms with Gasteiger partial charge in [0.2, 0.25) is 29.9 Å². The van der Waals surface area contributed by atoms with E-state index in [0.717, 1.165) is 17.4 Å². The summed E-state index contributed by atoms with van der Waals surface area (Å²) in [5.74, 6) is 0. The van der Waals surface area contributed by atoms with E-state index in [-0.39, 0.29) is 38.5 Å². The summed E-state index contributed by atoms with van der Waals surface area (Å²) >= 11 is 1.04. The van der Waals surface area contributed by atoms with Crippen LogP contribution >= 0.6 is 11.3 Å². The van der Waals surface area contributed by atoms with Crippen LogP contribution in [0, 0.1) is 0 Å². The van der Waals surface area contributed by atoms with Crippen molar-refractivity contribution in [3.05, 3.63) is 71.6 Å². The molecule has 1 aliphatic rings. The Morgan fingerprint density at radius 1 is 0.886 bits per heavy atom. The summed E-state index contributed by atoms with van der Waals surface area (Å²) in [7, 11) is -11.8. The number of benzene rings is 2. The number of nitrogens with two attached hydrogens (primary N) is 1. The number of hydrogen-bond acceptors (Lipinski definition) is 8. The van der Waals surface area contributed by atoms with Crippen LogP contribution in [0.5, 0.6) is 0 Å². The number of hydrogen-bond donors (Lipinski definition) is 2. The highest BCUT2D eigenvalue weighted by Crippen LogP contribution is 2.31. The van der Waals surface area contributed by atoms with Crippen molar-refractivity contribution in [3.63, 3.8) is 0 Å². The molecule has 0 radical (unpaired) electrons. The molecule has 188 valence electrons. The third-order valence-corrected chi connectivity index (χ3v) is 12.4. The summed E-state index contributed by atoms with van der Waals surface area (Å²) in [6.07, 6.45) is 1.04. The Kier molecular flexibility index (Phi) is 7.48. The maximum atomic E-state index is 13.4. The third-order valence-electron chi connectivity index (χ3n) is 5.71. The number of nitrogens with zero attached hydrogens (tertiary/aromatic N) is 1. The molecular formula is C22H25N3O6S4. The number of rotatable bonds is 9. The fourth-order valence-electron chi connectivity index (χ4n) is 3.88. The second kappa shape index (κ2) is 10.1. The Labute approximate surface area is 209 Å². The summed E-state index contributed by atoms with van der Waals surface area (Å²) < 4.78 is 82.0. The predicted octanol–water partition coefficient (Wildman–Crippen LogP) is 2.17. The monoisotopic (exact) mass is 555 g/mol. The van der Waals surface area contributed by atoms with E-state index in [0.29, 0.717) is 17.7 Å². The standard InChI is InChI=1S/C22H25N3O6S4/c23-15-18-11-12-22(32-18)33(26,27)20-9-4-10-21(14-20)35(30,31)25-13-5-6-17(25)16-24-34(28,29)19-7-2-1-3-8-19/h1-4,7-12,14,17,24H,5-6,13,15-16,23H2/t17-/m0/s1. The van der Waals surface area contributed by atoms with Gasteiger partial charge in [-0.15, -0.1) is 11.3 Å². The van der Waals surface area contributed by atoms with Crippen molar-refractivity contribution in [2.45, 2.75) is 44.3 Å². The molecule has 4 rings (SSSR count). The summed E-state index contributed by atoms with van der Waals surface area (Å²) in [5.41, 5.74) is 5.58. The molecule has 0 unspecified atom stereocenters. The van der Waals surface area contributed by atoms with E-state index in [1.54, 1.807) is 24.3 Å². The molecule has 1 aliphatic heterocycles. The molecule has 0 spiro atoms. The van der Waals surface area contributed by atoms with Crippen LogP contribution in [0.2, 0.25) is 0 Å². The molecule has 2 heterocycles. The molecule has 0 saturated carbocycles. The first kappa shape index (κ1) is 25.9. The van der Waals surface area contributed by atoms with Gasteiger partial charge in [-0.2, -0.15) is 4.31 Å². The summed E-state index contributed by atoms with van der Waals surface area (Å²) in [6.45, 7) is 0.326. The van der Waals surface area contributed by atoms with Crippen molar-refractivity contribution in [2.24, 2.45) is 5.73 Å². The first-order chi connectivity index (χ1) is 16.6. The lowest BCUT2D eigenvalue weighted by molar-refractivity contribution is 0.384. The average Bonchev–Trinajstić information content (AvgIpc) is 3.54. The lowest BCUT2D eigenvalue weighted by Crippen LogP contribution is -2.43. The molecule has 1 aromatic heterocycles. The van der Waals surface area contributed by atoms with Crippen LogP contribution < -0.4 is 10.5 Å². The second-order valence-corrected chi connectivity index (χ2v) is 15.0. The minimum absolute atomic E-state index is 0.0851. The lowest BCUT2D eigenvalue weighted by Gasteiger charge is -2.24. The molecule has 1 saturated heterocycles. The molecule has 0 aliphatic carbocycles. The minimum atomic E-state index is -4.07. The topological polar surface area (TPSA) is 144 Å². The third kappa shape index (κ3) is 5.35. The normalized spacial score (nSPS) is 17.6. The van der Waals surface area contributed by atoms with Crippen molar-refractivity contribution in [1.82, 2.24) is 9.03 Å². The van der Waals surface area contributed by atoms with Crippen molar-refractivity contribution in [3.8, 4) is 0 Å². The molecular weight excluding hydrogens is 531 g/mol. The van der Waals surface area contributed by atoms with Gasteiger partial charge < -0.3 is 5.73 Å². The largest absolute Gasteiger partial charge is 0.326 e. The highest BCUT2D eigenvalue weighted by atomic mass is 32.2. The van der Waals surface area contributed by atoms with Crippen molar-refractivity contribution in [2.75, 3.05) is 13.1 Å². The van der Waals surface area contributed by atoms with Crippen molar-refractivity contribution in [1.29, 1.82) is 0 Å². The fraction of sp³-hybridized carbons (Fsp3) is 0.273. The quantitative estimate of drug-likeness (QED) is 0.412. The molecule has 2 aromatic carbocycles. The molecule has 0 amide bonds. The van der Waals surface area contributed by atoms with E-state index >= 15 is 0 Å². The zero-order valence-corrected chi connectivity index (χ0v) is 21.8. The van der Waals surface area contributed by atoms with Crippen molar-refractivity contribution < 1.29 is 25.3 Å². The van der Waals surface area contributed by atoms with Crippen LogP contribution in [0.3, 0.4) is 0 Å². The van der Waals surface area contributed by atoms with E-state index in [4.69, 9.17) is 5.73 Å². The van der Waals surface area contributed by atoms with Crippen LogP contribution in [0.4, 0.5) is 0 Å². The summed E-state index contributed by atoms with van der Waals surface area (Å²) in [6, 6.07) is 15.6. The van der Waals surface area contributed by atoms with Crippen LogP contribution in [0.15, 0.2) is 85.6 Å². The van der Waals surface area contributed by atoms with Crippen LogP contribution in [0.1, 0.15) is 17.7 Å². The maximum Gasteiger partial charge on any atom is 0.243 e. The van der Waals surface area contributed by atoms with E-state index in [1.165, 1.54) is 40.7 Å². The van der Waals surface area contributed by atoms with Gasteiger partial charge in [-0.3, -0.25) is 0 Å². The van der Waals surface area contributed by atoms with Crippen molar-refractivity contribution >= 4 is 41.2 Å². The van der Waals surface area contributed by atoms with Gasteiger partial charge in [0.25, 0.3) is 0 Å². The predicted molar refractivity (Wildman–Crippen MR) is 133 cm³/mol. The van der Waals surface area contributed by atoms with Gasteiger partial charge in [-0.1, -0.05) is 24.3 Å². The lowest BCUT2D eigenvalue weighted by atomic mass is 10.2. The van der Waals surface area contributed by atoms with E-state index in [9.17, 15) is 25.3 Å². The second-order valence-electron chi connectivity index (χ2n) is 7.98. The van der Waals surface area contributed by atoms with Gasteiger partial charge in [0.1, 0.15) is 4.21 Å². The Balaban J connectivity index is 1.57. The minimum Gasteiger partial charge on any atom is -0.326 e. The van der Waals surface area contributed by atoms with E-state index < -0.39 is 35.9 Å². The fourth-order valence-corrected chi connectivity index (χ4v) is 9.47. The van der Waals surface area contributed by atoms with Crippen LogP contribution in [-0.4, -0.2) is 48.7 Å². The SMILES string of the molecule is NCc1ccc(S(=O)(=O)c2cccc(S(=O)(=O)N3CCC[C@H]3CNS(=O)(=O)c3ccccc3)c2)s1. The molecule has 9 nitrogen and oxygen atoms in total. The number of nitrogens with one attached hydrogen (secondary N) is 1. The van der Waals surface area contributed by atoms with E-state index in [1.807, 2.05) is 0 Å². The molecule has 3 N–H and O–H groups in total.